The van der Waals surface area contributed by atoms with Gasteiger partial charge in [-0.3, -0.25) is 10.1 Å². The van der Waals surface area contributed by atoms with Crippen LogP contribution >= 0.6 is 0 Å². The van der Waals surface area contributed by atoms with Crippen molar-refractivity contribution in [2.45, 2.75) is 96.3 Å². The van der Waals surface area contributed by atoms with Gasteiger partial charge in [0.1, 0.15) is 6.23 Å². The molecule has 140 valence electrons. The summed E-state index contributed by atoms with van der Waals surface area (Å²) in [5, 5.41) is 3.43. The van der Waals surface area contributed by atoms with Crippen LogP contribution < -0.4 is 5.32 Å². The fourth-order valence-electron chi connectivity index (χ4n) is 2.85. The van der Waals surface area contributed by atoms with Crippen LogP contribution in [0.1, 0.15) is 84.0 Å². The van der Waals surface area contributed by atoms with E-state index < -0.39 is 0 Å². The summed E-state index contributed by atoms with van der Waals surface area (Å²) in [5.74, 6) is -0.0800. The minimum Gasteiger partial charge on any atom is -0.469 e. The van der Waals surface area contributed by atoms with E-state index in [1.165, 1.54) is 52.1 Å². The molecule has 0 saturated carbocycles. The van der Waals surface area contributed by atoms with Gasteiger partial charge in [0.2, 0.25) is 0 Å². The Labute approximate surface area is 148 Å². The van der Waals surface area contributed by atoms with Crippen LogP contribution in [0.5, 0.6) is 0 Å². The summed E-state index contributed by atoms with van der Waals surface area (Å²) in [5.41, 5.74) is 0. The highest BCUT2D eigenvalue weighted by Gasteiger charge is 2.35. The highest BCUT2D eigenvalue weighted by molar-refractivity contribution is 5.68. The first-order chi connectivity index (χ1) is 11.8. The zero-order valence-corrected chi connectivity index (χ0v) is 15.7. The highest BCUT2D eigenvalue weighted by Crippen LogP contribution is 2.21. The van der Waals surface area contributed by atoms with Gasteiger partial charge in [-0.1, -0.05) is 51.2 Å². The quantitative estimate of drug-likeness (QED) is 0.191. The molecule has 1 N–H and O–H groups in total. The number of nitrogens with one attached hydrogen (secondary N) is 1. The fraction of sp³-hybridized carbons (Fsp3) is 0.850. The normalized spacial score (nSPS) is 19.8. The van der Waals surface area contributed by atoms with Crippen LogP contribution in [0.4, 0.5) is 0 Å². The predicted molar refractivity (Wildman–Crippen MR) is 98.9 cm³/mol. The van der Waals surface area contributed by atoms with E-state index in [0.29, 0.717) is 18.8 Å². The predicted octanol–water partition coefficient (Wildman–Crippen LogP) is 4.73. The topological polar surface area (TPSA) is 50.9 Å². The Kier molecular flexibility index (Phi) is 12.8. The van der Waals surface area contributed by atoms with E-state index in [4.69, 9.17) is 4.74 Å². The number of allylic oxidation sites excluding steroid dienone is 2. The van der Waals surface area contributed by atoms with Crippen molar-refractivity contribution in [1.29, 1.82) is 0 Å². The number of carbonyl (C=O) groups excluding carboxylic acids is 1. The van der Waals surface area contributed by atoms with E-state index in [0.717, 1.165) is 32.2 Å². The van der Waals surface area contributed by atoms with Gasteiger partial charge in [0.15, 0.2) is 0 Å². The maximum atomic E-state index is 11.0. The molecule has 0 amide bonds. The Balaban J connectivity index is 1.71. The number of hydrogen-bond donors (Lipinski definition) is 1. The van der Waals surface area contributed by atoms with Crippen molar-refractivity contribution < 1.29 is 14.3 Å². The molecule has 1 saturated heterocycles. The zero-order chi connectivity index (χ0) is 17.5. The second kappa shape index (κ2) is 14.5. The third kappa shape index (κ3) is 11.6. The number of hydrogen-bond acceptors (Lipinski definition) is 4. The molecule has 0 bridgehead atoms. The summed E-state index contributed by atoms with van der Waals surface area (Å²) in [4.78, 5) is 11.0. The van der Waals surface area contributed by atoms with E-state index in [2.05, 4.69) is 29.1 Å². The number of rotatable bonds is 16. The molecule has 0 aromatic rings. The highest BCUT2D eigenvalue weighted by atomic mass is 16.6. The van der Waals surface area contributed by atoms with Gasteiger partial charge in [-0.15, -0.1) is 0 Å². The van der Waals surface area contributed by atoms with E-state index in [1.807, 2.05) is 0 Å². The van der Waals surface area contributed by atoms with Gasteiger partial charge in [-0.2, -0.15) is 0 Å². The first-order valence-corrected chi connectivity index (χ1v) is 9.88. The Bertz CT molecular complexity index is 344. The molecule has 1 heterocycles. The first kappa shape index (κ1) is 21.2. The maximum Gasteiger partial charge on any atom is 0.305 e. The second-order valence-electron chi connectivity index (χ2n) is 6.66. The van der Waals surface area contributed by atoms with Gasteiger partial charge in [-0.05, 0) is 45.1 Å². The van der Waals surface area contributed by atoms with Crippen molar-refractivity contribution in [2.24, 2.45) is 0 Å². The summed E-state index contributed by atoms with van der Waals surface area (Å²) in [6, 6.07) is 0. The Hall–Kier alpha value is -0.870. The standard InChI is InChI=1S/C20H37NO3/c1-3-18-20(24-18)21-17-15-13-11-9-7-5-4-6-8-10-12-14-16-19(22)23-2/h9,11,18,20-21H,3-8,10,12-17H2,1-2H3. The van der Waals surface area contributed by atoms with Crippen LogP contribution in [0, 0.1) is 0 Å². The fourth-order valence-corrected chi connectivity index (χ4v) is 2.85. The lowest BCUT2D eigenvalue weighted by atomic mass is 10.1. The number of esters is 1. The molecule has 1 aliphatic heterocycles. The number of ether oxygens (including phenoxy) is 2. The van der Waals surface area contributed by atoms with Gasteiger partial charge in [-0.25, -0.2) is 0 Å². The summed E-state index contributed by atoms with van der Waals surface area (Å²) in [6.07, 6.45) is 19.3. The van der Waals surface area contributed by atoms with E-state index >= 15 is 0 Å². The molecule has 0 radical (unpaired) electrons. The lowest BCUT2D eigenvalue weighted by Crippen LogP contribution is -2.20. The van der Waals surface area contributed by atoms with Crippen LogP contribution in [0.2, 0.25) is 0 Å². The molecule has 0 aromatic heterocycles. The maximum absolute atomic E-state index is 11.0. The van der Waals surface area contributed by atoms with Crippen molar-refractivity contribution in [3.05, 3.63) is 12.2 Å². The van der Waals surface area contributed by atoms with Crippen LogP contribution in [-0.2, 0) is 14.3 Å². The average Bonchev–Trinajstić information content (AvgIpc) is 3.36. The molecule has 1 fully saturated rings. The number of unbranched alkanes of at least 4 members (excludes halogenated alkanes) is 8. The Morgan fingerprint density at radius 3 is 2.25 bits per heavy atom. The lowest BCUT2D eigenvalue weighted by molar-refractivity contribution is -0.140. The number of methoxy groups -OCH3 is 1. The van der Waals surface area contributed by atoms with Crippen LogP contribution in [-0.4, -0.2) is 32.0 Å². The smallest absolute Gasteiger partial charge is 0.305 e. The van der Waals surface area contributed by atoms with E-state index in [9.17, 15) is 4.79 Å². The monoisotopic (exact) mass is 339 g/mol. The second-order valence-corrected chi connectivity index (χ2v) is 6.66. The van der Waals surface area contributed by atoms with Crippen molar-refractivity contribution in [3.63, 3.8) is 0 Å². The molecule has 1 rings (SSSR count). The summed E-state index contributed by atoms with van der Waals surface area (Å²) in [7, 11) is 1.46. The van der Waals surface area contributed by atoms with E-state index in [1.54, 1.807) is 0 Å². The Morgan fingerprint density at radius 2 is 1.62 bits per heavy atom. The van der Waals surface area contributed by atoms with Gasteiger partial charge < -0.3 is 9.47 Å². The summed E-state index contributed by atoms with van der Waals surface area (Å²) < 4.78 is 10.1. The Morgan fingerprint density at radius 1 is 1.00 bits per heavy atom. The van der Waals surface area contributed by atoms with Gasteiger partial charge in [0.05, 0.1) is 13.2 Å². The molecule has 1 aliphatic rings. The molecule has 4 heteroatoms. The molecular weight excluding hydrogens is 302 g/mol. The molecule has 0 aromatic carbocycles. The van der Waals surface area contributed by atoms with Crippen LogP contribution in [0.15, 0.2) is 12.2 Å². The average molecular weight is 340 g/mol. The van der Waals surface area contributed by atoms with Crippen molar-refractivity contribution in [2.75, 3.05) is 13.7 Å². The van der Waals surface area contributed by atoms with Crippen molar-refractivity contribution in [3.8, 4) is 0 Å². The minimum atomic E-state index is -0.0800. The molecule has 4 nitrogen and oxygen atoms in total. The van der Waals surface area contributed by atoms with E-state index in [-0.39, 0.29) is 5.97 Å². The van der Waals surface area contributed by atoms with Gasteiger partial charge in [0.25, 0.3) is 0 Å². The van der Waals surface area contributed by atoms with Crippen molar-refractivity contribution >= 4 is 5.97 Å². The van der Waals surface area contributed by atoms with Crippen LogP contribution in [0.3, 0.4) is 0 Å². The van der Waals surface area contributed by atoms with Gasteiger partial charge in [0, 0.05) is 6.42 Å². The summed E-state index contributed by atoms with van der Waals surface area (Å²) in [6.45, 7) is 3.22. The summed E-state index contributed by atoms with van der Waals surface area (Å²) >= 11 is 0. The molecule has 2 atom stereocenters. The van der Waals surface area contributed by atoms with Crippen LogP contribution in [0.25, 0.3) is 0 Å². The van der Waals surface area contributed by atoms with Gasteiger partial charge >= 0.3 is 5.97 Å². The largest absolute Gasteiger partial charge is 0.469 e. The molecule has 2 unspecified atom stereocenters. The minimum absolute atomic E-state index is 0.0800. The third-order valence-corrected chi connectivity index (χ3v) is 4.52. The first-order valence-electron chi connectivity index (χ1n) is 9.88. The van der Waals surface area contributed by atoms with Crippen molar-refractivity contribution in [1.82, 2.24) is 5.32 Å². The third-order valence-electron chi connectivity index (χ3n) is 4.52. The molecular formula is C20H37NO3. The zero-order valence-electron chi connectivity index (χ0n) is 15.7. The molecule has 0 spiro atoms. The SMILES string of the molecule is CCC1OC1NCCCC=CCCCCCCCCCC(=O)OC. The lowest BCUT2D eigenvalue weighted by Gasteiger charge is -2.01. The number of epoxide rings is 1. The molecule has 0 aliphatic carbocycles. The molecule has 24 heavy (non-hydrogen) atoms. The number of carbonyl (C=O) groups is 1.